The molecule has 0 saturated heterocycles. The standard InChI is InChI=1S/C15H12Cl2N2O3/c1-9(10-3-2-4-12(16)7-10)18-15(20)11-5-6-13(17)14(8-11)19(21)22/h2-9H,1H3,(H,18,20)/t9-/m1/s1. The monoisotopic (exact) mass is 338 g/mol. The van der Waals surface area contributed by atoms with Gasteiger partial charge >= 0.3 is 0 Å². The lowest BCUT2D eigenvalue weighted by atomic mass is 10.1. The van der Waals surface area contributed by atoms with E-state index in [-0.39, 0.29) is 22.3 Å². The fraction of sp³-hybridized carbons (Fsp3) is 0.133. The lowest BCUT2D eigenvalue weighted by Gasteiger charge is -2.14. The average Bonchev–Trinajstić information content (AvgIpc) is 2.47. The first kappa shape index (κ1) is 16.3. The lowest BCUT2D eigenvalue weighted by Crippen LogP contribution is -2.26. The van der Waals surface area contributed by atoms with Crippen molar-refractivity contribution in [3.8, 4) is 0 Å². The highest BCUT2D eigenvalue weighted by molar-refractivity contribution is 6.32. The molecule has 2 aromatic carbocycles. The van der Waals surface area contributed by atoms with Crippen LogP contribution in [0.5, 0.6) is 0 Å². The van der Waals surface area contributed by atoms with Crippen molar-refractivity contribution in [3.63, 3.8) is 0 Å². The maximum absolute atomic E-state index is 12.2. The summed E-state index contributed by atoms with van der Waals surface area (Å²) in [5.41, 5.74) is 0.707. The van der Waals surface area contributed by atoms with Crippen LogP contribution in [0.2, 0.25) is 10.0 Å². The Labute approximate surface area is 137 Å². The molecule has 1 N–H and O–H groups in total. The van der Waals surface area contributed by atoms with Gasteiger partial charge in [0, 0.05) is 16.7 Å². The summed E-state index contributed by atoms with van der Waals surface area (Å²) in [5, 5.41) is 14.2. The molecule has 1 amide bonds. The van der Waals surface area contributed by atoms with Gasteiger partial charge < -0.3 is 5.32 Å². The summed E-state index contributed by atoms with van der Waals surface area (Å²) < 4.78 is 0. The summed E-state index contributed by atoms with van der Waals surface area (Å²) in [4.78, 5) is 22.4. The number of hydrogen-bond acceptors (Lipinski definition) is 3. The van der Waals surface area contributed by atoms with E-state index in [1.807, 2.05) is 6.07 Å². The van der Waals surface area contributed by atoms with Crippen LogP contribution >= 0.6 is 23.2 Å². The molecule has 114 valence electrons. The topological polar surface area (TPSA) is 72.2 Å². The lowest BCUT2D eigenvalue weighted by molar-refractivity contribution is -0.384. The number of nitrogens with one attached hydrogen (secondary N) is 1. The molecule has 0 bridgehead atoms. The third-order valence-corrected chi connectivity index (χ3v) is 3.66. The second kappa shape index (κ2) is 6.77. The van der Waals surface area contributed by atoms with Crippen molar-refractivity contribution in [3.05, 3.63) is 73.8 Å². The quantitative estimate of drug-likeness (QED) is 0.663. The van der Waals surface area contributed by atoms with Gasteiger partial charge in [-0.1, -0.05) is 35.3 Å². The van der Waals surface area contributed by atoms with Gasteiger partial charge in [-0.05, 0) is 36.8 Å². The van der Waals surface area contributed by atoms with Crippen LogP contribution in [-0.2, 0) is 0 Å². The summed E-state index contributed by atoms with van der Waals surface area (Å²) in [7, 11) is 0. The fourth-order valence-corrected chi connectivity index (χ4v) is 2.32. The largest absolute Gasteiger partial charge is 0.346 e. The van der Waals surface area contributed by atoms with Gasteiger partial charge in [-0.3, -0.25) is 14.9 Å². The first-order valence-electron chi connectivity index (χ1n) is 6.38. The highest BCUT2D eigenvalue weighted by Gasteiger charge is 2.17. The number of hydrogen-bond donors (Lipinski definition) is 1. The van der Waals surface area contributed by atoms with Crippen LogP contribution in [0.4, 0.5) is 5.69 Å². The number of nitrogens with zero attached hydrogens (tertiary/aromatic N) is 1. The Morgan fingerprint density at radius 2 is 1.95 bits per heavy atom. The summed E-state index contributed by atoms with van der Waals surface area (Å²) in [5.74, 6) is -0.424. The SMILES string of the molecule is C[C@@H](NC(=O)c1ccc(Cl)c([N+](=O)[O-])c1)c1cccc(Cl)c1. The van der Waals surface area contributed by atoms with E-state index in [1.54, 1.807) is 25.1 Å². The van der Waals surface area contributed by atoms with Crippen LogP contribution in [0, 0.1) is 10.1 Å². The van der Waals surface area contributed by atoms with Gasteiger partial charge in [0.2, 0.25) is 0 Å². The second-order valence-corrected chi connectivity index (χ2v) is 5.52. The average molecular weight is 339 g/mol. The zero-order valence-electron chi connectivity index (χ0n) is 11.5. The predicted octanol–water partition coefficient (Wildman–Crippen LogP) is 4.39. The van der Waals surface area contributed by atoms with E-state index in [0.717, 1.165) is 11.6 Å². The van der Waals surface area contributed by atoms with Gasteiger partial charge in [0.15, 0.2) is 0 Å². The molecule has 2 rings (SSSR count). The molecule has 0 aliphatic carbocycles. The molecule has 0 fully saturated rings. The molecular formula is C15H12Cl2N2O3. The van der Waals surface area contributed by atoms with Gasteiger partial charge in [0.25, 0.3) is 11.6 Å². The number of benzene rings is 2. The Kier molecular flexibility index (Phi) is 5.00. The van der Waals surface area contributed by atoms with Crippen LogP contribution in [0.1, 0.15) is 28.9 Å². The van der Waals surface area contributed by atoms with Crippen molar-refractivity contribution in [2.45, 2.75) is 13.0 Å². The molecule has 5 nitrogen and oxygen atoms in total. The molecule has 22 heavy (non-hydrogen) atoms. The van der Waals surface area contributed by atoms with Crippen LogP contribution < -0.4 is 5.32 Å². The van der Waals surface area contributed by atoms with Crippen molar-refractivity contribution in [2.75, 3.05) is 0 Å². The highest BCUT2D eigenvalue weighted by atomic mass is 35.5. The Morgan fingerprint density at radius 1 is 1.23 bits per heavy atom. The molecule has 0 heterocycles. The van der Waals surface area contributed by atoms with Crippen LogP contribution in [0.25, 0.3) is 0 Å². The fourth-order valence-electron chi connectivity index (χ4n) is 1.93. The van der Waals surface area contributed by atoms with E-state index in [1.165, 1.54) is 12.1 Å². The smallest absolute Gasteiger partial charge is 0.288 e. The number of halogens is 2. The van der Waals surface area contributed by atoms with Crippen molar-refractivity contribution < 1.29 is 9.72 Å². The second-order valence-electron chi connectivity index (χ2n) is 4.67. The van der Waals surface area contributed by atoms with E-state index >= 15 is 0 Å². The van der Waals surface area contributed by atoms with Crippen LogP contribution in [0.3, 0.4) is 0 Å². The van der Waals surface area contributed by atoms with Gasteiger partial charge in [-0.15, -0.1) is 0 Å². The summed E-state index contributed by atoms with van der Waals surface area (Å²) in [6, 6.07) is 10.7. The summed E-state index contributed by atoms with van der Waals surface area (Å²) in [6.07, 6.45) is 0. The maximum atomic E-state index is 12.2. The van der Waals surface area contributed by atoms with Gasteiger partial charge in [-0.25, -0.2) is 0 Å². The number of nitro groups is 1. The molecule has 0 saturated carbocycles. The predicted molar refractivity (Wildman–Crippen MR) is 85.4 cm³/mol. The number of carbonyl (C=O) groups is 1. The molecule has 0 aromatic heterocycles. The normalized spacial score (nSPS) is 11.8. The minimum atomic E-state index is -0.625. The van der Waals surface area contributed by atoms with E-state index in [9.17, 15) is 14.9 Å². The van der Waals surface area contributed by atoms with Gasteiger partial charge in [0.1, 0.15) is 5.02 Å². The molecular weight excluding hydrogens is 327 g/mol. The van der Waals surface area contributed by atoms with E-state index in [2.05, 4.69) is 5.32 Å². The van der Waals surface area contributed by atoms with E-state index in [0.29, 0.717) is 5.02 Å². The van der Waals surface area contributed by atoms with Crippen LogP contribution in [-0.4, -0.2) is 10.8 Å². The van der Waals surface area contributed by atoms with E-state index in [4.69, 9.17) is 23.2 Å². The molecule has 0 aliphatic rings. The minimum Gasteiger partial charge on any atom is -0.346 e. The van der Waals surface area contributed by atoms with Crippen molar-refractivity contribution >= 4 is 34.8 Å². The Balaban J connectivity index is 2.19. The zero-order valence-corrected chi connectivity index (χ0v) is 13.1. The van der Waals surface area contributed by atoms with Crippen molar-refractivity contribution in [1.82, 2.24) is 5.32 Å². The maximum Gasteiger partial charge on any atom is 0.288 e. The highest BCUT2D eigenvalue weighted by Crippen LogP contribution is 2.25. The number of rotatable bonds is 4. The summed E-state index contributed by atoms with van der Waals surface area (Å²) >= 11 is 11.6. The molecule has 0 unspecified atom stereocenters. The van der Waals surface area contributed by atoms with Crippen LogP contribution in [0.15, 0.2) is 42.5 Å². The summed E-state index contributed by atoms with van der Waals surface area (Å²) in [6.45, 7) is 1.80. The van der Waals surface area contributed by atoms with Crippen molar-refractivity contribution in [2.24, 2.45) is 0 Å². The molecule has 7 heteroatoms. The molecule has 0 aliphatic heterocycles. The Morgan fingerprint density at radius 3 is 2.59 bits per heavy atom. The van der Waals surface area contributed by atoms with Crippen molar-refractivity contribution in [1.29, 1.82) is 0 Å². The first-order chi connectivity index (χ1) is 10.4. The Hall–Kier alpha value is -2.11. The number of amides is 1. The first-order valence-corrected chi connectivity index (χ1v) is 7.14. The molecule has 2 aromatic rings. The third-order valence-electron chi connectivity index (χ3n) is 3.10. The number of nitro benzene ring substituents is 1. The molecule has 0 spiro atoms. The van der Waals surface area contributed by atoms with E-state index < -0.39 is 10.8 Å². The third kappa shape index (κ3) is 3.75. The molecule has 1 atom stereocenters. The Bertz CT molecular complexity index is 734. The molecule has 0 radical (unpaired) electrons. The number of carbonyl (C=O) groups excluding carboxylic acids is 1. The minimum absolute atomic E-state index is 0.00978. The zero-order chi connectivity index (χ0) is 16.3. The van der Waals surface area contributed by atoms with Gasteiger partial charge in [0.05, 0.1) is 11.0 Å². The van der Waals surface area contributed by atoms with Gasteiger partial charge in [-0.2, -0.15) is 0 Å².